The molecule has 1 aromatic heterocycles. The van der Waals surface area contributed by atoms with E-state index in [1.165, 1.54) is 54.7 Å². The molecule has 0 atom stereocenters. The van der Waals surface area contributed by atoms with Gasteiger partial charge in [-0.15, -0.1) is 0 Å². The number of nitrogens with one attached hydrogen (secondary N) is 1. The van der Waals surface area contributed by atoms with E-state index < -0.39 is 0 Å². The molecule has 0 amide bonds. The Morgan fingerprint density at radius 1 is 1.21 bits per heavy atom. The lowest BCUT2D eigenvalue weighted by atomic mass is 9.83. The minimum atomic E-state index is 0.714. The number of imidazole rings is 1. The van der Waals surface area contributed by atoms with Crippen molar-refractivity contribution < 1.29 is 0 Å². The Morgan fingerprint density at radius 3 is 3.00 bits per heavy atom. The normalized spacial score (nSPS) is 18.5. The molecule has 3 heteroatoms. The molecule has 1 fully saturated rings. The maximum atomic E-state index is 4.36. The van der Waals surface area contributed by atoms with Crippen LogP contribution >= 0.6 is 0 Å². The Kier molecular flexibility index (Phi) is 2.57. The van der Waals surface area contributed by atoms with Crippen molar-refractivity contribution in [1.29, 1.82) is 0 Å². The van der Waals surface area contributed by atoms with Gasteiger partial charge in [-0.25, -0.2) is 4.98 Å². The van der Waals surface area contributed by atoms with E-state index in [9.17, 15) is 0 Å². The lowest BCUT2D eigenvalue weighted by molar-refractivity contribution is 0.407. The average molecular weight is 253 g/mol. The summed E-state index contributed by atoms with van der Waals surface area (Å²) in [7, 11) is 0. The summed E-state index contributed by atoms with van der Waals surface area (Å²) in [6, 6.07) is 6.77. The van der Waals surface area contributed by atoms with Gasteiger partial charge in [-0.2, -0.15) is 0 Å². The van der Waals surface area contributed by atoms with Gasteiger partial charge in [-0.1, -0.05) is 12.5 Å². The van der Waals surface area contributed by atoms with E-state index in [-0.39, 0.29) is 0 Å². The summed E-state index contributed by atoms with van der Waals surface area (Å²) in [5.74, 6) is 0.714. The van der Waals surface area contributed by atoms with Gasteiger partial charge in [-0.05, 0) is 43.4 Å². The van der Waals surface area contributed by atoms with Crippen molar-refractivity contribution in [2.24, 2.45) is 0 Å². The van der Waals surface area contributed by atoms with Gasteiger partial charge in [0.1, 0.15) is 0 Å². The van der Waals surface area contributed by atoms with Gasteiger partial charge in [0.05, 0.1) is 6.33 Å². The third-order valence-electron chi connectivity index (χ3n) is 4.50. The van der Waals surface area contributed by atoms with Crippen LogP contribution in [0.25, 0.3) is 5.69 Å². The molecule has 0 spiro atoms. The summed E-state index contributed by atoms with van der Waals surface area (Å²) in [5, 5.41) is 3.51. The SMILES string of the molecule is c1cc2c(cc1-n1cncc1C1CCC1)NCCC2. The molecule has 19 heavy (non-hydrogen) atoms. The van der Waals surface area contributed by atoms with Crippen molar-refractivity contribution in [3.8, 4) is 5.69 Å². The molecule has 2 aromatic rings. The summed E-state index contributed by atoms with van der Waals surface area (Å²) in [4.78, 5) is 4.36. The Morgan fingerprint density at radius 2 is 2.16 bits per heavy atom. The van der Waals surface area contributed by atoms with E-state index in [0.717, 1.165) is 6.54 Å². The van der Waals surface area contributed by atoms with E-state index in [0.29, 0.717) is 5.92 Å². The predicted molar refractivity (Wildman–Crippen MR) is 77.0 cm³/mol. The molecule has 1 aromatic carbocycles. The van der Waals surface area contributed by atoms with E-state index >= 15 is 0 Å². The Bertz CT molecular complexity index is 596. The zero-order chi connectivity index (χ0) is 12.7. The van der Waals surface area contributed by atoms with E-state index in [1.54, 1.807) is 0 Å². The van der Waals surface area contributed by atoms with Gasteiger partial charge < -0.3 is 9.88 Å². The van der Waals surface area contributed by atoms with Gasteiger partial charge in [0.15, 0.2) is 0 Å². The first-order valence-corrected chi connectivity index (χ1v) is 7.31. The van der Waals surface area contributed by atoms with Gasteiger partial charge >= 0.3 is 0 Å². The van der Waals surface area contributed by atoms with Crippen LogP contribution in [0.15, 0.2) is 30.7 Å². The highest BCUT2D eigenvalue weighted by Gasteiger charge is 2.23. The van der Waals surface area contributed by atoms with Crippen LogP contribution < -0.4 is 5.32 Å². The van der Waals surface area contributed by atoms with Crippen molar-refractivity contribution in [3.63, 3.8) is 0 Å². The first kappa shape index (κ1) is 11.1. The van der Waals surface area contributed by atoms with Crippen LogP contribution in [0.3, 0.4) is 0 Å². The van der Waals surface area contributed by atoms with Gasteiger partial charge in [-0.3, -0.25) is 0 Å². The first-order chi connectivity index (χ1) is 9.42. The summed E-state index contributed by atoms with van der Waals surface area (Å²) < 4.78 is 2.26. The van der Waals surface area contributed by atoms with Crippen LogP contribution in [0, 0.1) is 0 Å². The van der Waals surface area contributed by atoms with Crippen LogP contribution in [0.4, 0.5) is 5.69 Å². The molecule has 0 unspecified atom stereocenters. The van der Waals surface area contributed by atoms with Crippen LogP contribution in [0.5, 0.6) is 0 Å². The van der Waals surface area contributed by atoms with Gasteiger partial charge in [0.2, 0.25) is 0 Å². The summed E-state index contributed by atoms with van der Waals surface area (Å²) in [5.41, 5.74) is 5.37. The number of anilines is 1. The van der Waals surface area contributed by atoms with Crippen molar-refractivity contribution >= 4 is 5.69 Å². The van der Waals surface area contributed by atoms with Crippen molar-refractivity contribution in [1.82, 2.24) is 9.55 Å². The molecular weight excluding hydrogens is 234 g/mol. The van der Waals surface area contributed by atoms with Crippen LogP contribution in [-0.2, 0) is 6.42 Å². The first-order valence-electron chi connectivity index (χ1n) is 7.31. The number of aryl methyl sites for hydroxylation is 1. The molecule has 1 saturated carbocycles. The molecular formula is C16H19N3. The van der Waals surface area contributed by atoms with Gasteiger partial charge in [0.25, 0.3) is 0 Å². The molecule has 3 nitrogen and oxygen atoms in total. The fraction of sp³-hybridized carbons (Fsp3) is 0.438. The Labute approximate surface area is 113 Å². The minimum absolute atomic E-state index is 0.714. The number of aromatic nitrogens is 2. The molecule has 0 radical (unpaired) electrons. The van der Waals surface area contributed by atoms with E-state index in [4.69, 9.17) is 0 Å². The van der Waals surface area contributed by atoms with Crippen molar-refractivity contribution in [2.75, 3.05) is 11.9 Å². The molecule has 0 bridgehead atoms. The molecule has 1 aliphatic heterocycles. The van der Waals surface area contributed by atoms with Crippen LogP contribution in [-0.4, -0.2) is 16.1 Å². The summed E-state index contributed by atoms with van der Waals surface area (Å²) >= 11 is 0. The molecule has 1 aliphatic carbocycles. The lowest BCUT2D eigenvalue weighted by Crippen LogP contribution is -2.14. The van der Waals surface area contributed by atoms with Crippen molar-refractivity contribution in [2.45, 2.75) is 38.0 Å². The summed E-state index contributed by atoms with van der Waals surface area (Å²) in [6.45, 7) is 1.09. The second-order valence-electron chi connectivity index (χ2n) is 5.69. The third-order valence-corrected chi connectivity index (χ3v) is 4.50. The second-order valence-corrected chi connectivity index (χ2v) is 5.69. The lowest BCUT2D eigenvalue weighted by Gasteiger charge is -2.27. The zero-order valence-electron chi connectivity index (χ0n) is 11.1. The average Bonchev–Trinajstić information content (AvgIpc) is 2.85. The molecule has 98 valence electrons. The number of hydrogen-bond acceptors (Lipinski definition) is 2. The predicted octanol–water partition coefficient (Wildman–Crippen LogP) is 3.50. The fourth-order valence-electron chi connectivity index (χ4n) is 3.13. The number of hydrogen-bond donors (Lipinski definition) is 1. The van der Waals surface area contributed by atoms with Crippen molar-refractivity contribution in [3.05, 3.63) is 42.0 Å². The Balaban J connectivity index is 1.74. The smallest absolute Gasteiger partial charge is 0.0994 e. The quantitative estimate of drug-likeness (QED) is 0.887. The van der Waals surface area contributed by atoms with Gasteiger partial charge in [0, 0.05) is 35.7 Å². The number of fused-ring (bicyclic) bond motifs is 1. The van der Waals surface area contributed by atoms with Crippen LogP contribution in [0.1, 0.15) is 42.9 Å². The fourth-order valence-corrected chi connectivity index (χ4v) is 3.13. The zero-order valence-corrected chi connectivity index (χ0v) is 11.1. The monoisotopic (exact) mass is 253 g/mol. The highest BCUT2D eigenvalue weighted by molar-refractivity contribution is 5.59. The number of rotatable bonds is 2. The largest absolute Gasteiger partial charge is 0.385 e. The molecule has 0 saturated heterocycles. The van der Waals surface area contributed by atoms with Crippen LogP contribution in [0.2, 0.25) is 0 Å². The summed E-state index contributed by atoms with van der Waals surface area (Å²) in [6.07, 6.45) is 10.4. The molecule has 2 heterocycles. The maximum absolute atomic E-state index is 4.36. The molecule has 1 N–H and O–H groups in total. The van der Waals surface area contributed by atoms with E-state index in [2.05, 4.69) is 33.1 Å². The minimum Gasteiger partial charge on any atom is -0.385 e. The highest BCUT2D eigenvalue weighted by Crippen LogP contribution is 2.37. The maximum Gasteiger partial charge on any atom is 0.0994 e. The topological polar surface area (TPSA) is 29.9 Å². The standard InChI is InChI=1S/C16H19N3/c1-3-13(4-1)16-10-17-11-19(16)14-7-6-12-5-2-8-18-15(12)9-14/h6-7,9-11,13,18H,1-5,8H2. The number of benzene rings is 1. The Hall–Kier alpha value is -1.77. The molecule has 2 aliphatic rings. The van der Waals surface area contributed by atoms with E-state index in [1.807, 2.05) is 12.5 Å². The highest BCUT2D eigenvalue weighted by atomic mass is 15.1. The second kappa shape index (κ2) is 4.41. The third kappa shape index (κ3) is 1.84. The number of nitrogens with zero attached hydrogens (tertiary/aromatic N) is 2. The molecule has 4 rings (SSSR count).